The summed E-state index contributed by atoms with van der Waals surface area (Å²) >= 11 is 0. The molecule has 0 atom stereocenters. The fourth-order valence-electron chi connectivity index (χ4n) is 3.03. The van der Waals surface area contributed by atoms with Crippen LogP contribution in [0.15, 0.2) is 29.2 Å². The van der Waals surface area contributed by atoms with Gasteiger partial charge in [0.15, 0.2) is 0 Å². The Morgan fingerprint density at radius 1 is 1.05 bits per heavy atom. The lowest BCUT2D eigenvalue weighted by atomic mass is 9.90. The molecule has 0 radical (unpaired) electrons. The second kappa shape index (κ2) is 6.07. The molecule has 1 aromatic rings. The van der Waals surface area contributed by atoms with E-state index < -0.39 is 10.1 Å². The molecule has 1 aliphatic carbocycles. The summed E-state index contributed by atoms with van der Waals surface area (Å²) in [5, 5.41) is 0. The third-order valence-corrected chi connectivity index (χ3v) is 6.02. The Morgan fingerprint density at radius 3 is 2.19 bits per heavy atom. The van der Waals surface area contributed by atoms with Crippen LogP contribution in [0.1, 0.15) is 37.7 Å². The van der Waals surface area contributed by atoms with Gasteiger partial charge in [-0.1, -0.05) is 24.1 Å². The lowest BCUT2D eigenvalue weighted by molar-refractivity contribution is 0.0520. The number of aryl methyl sites for hydroxylation is 1. The lowest BCUT2D eigenvalue weighted by Crippen LogP contribution is -2.46. The number of hydrogen-bond acceptors (Lipinski definition) is 4. The van der Waals surface area contributed by atoms with Crippen LogP contribution < -0.4 is 0 Å². The largest absolute Gasteiger partial charge is 0.300 e. The van der Waals surface area contributed by atoms with Gasteiger partial charge in [0.2, 0.25) is 0 Å². The summed E-state index contributed by atoms with van der Waals surface area (Å²) in [5.41, 5.74) is 1.04. The van der Waals surface area contributed by atoms with Gasteiger partial charge in [-0.2, -0.15) is 8.42 Å². The predicted molar refractivity (Wildman–Crippen MR) is 81.7 cm³/mol. The molecule has 2 fully saturated rings. The normalized spacial score (nSPS) is 22.1. The monoisotopic (exact) mass is 309 g/mol. The van der Waals surface area contributed by atoms with Gasteiger partial charge in [0.1, 0.15) is 0 Å². The summed E-state index contributed by atoms with van der Waals surface area (Å²) in [4.78, 5) is 2.75. The first-order chi connectivity index (χ1) is 10.0. The average molecular weight is 309 g/mol. The first-order valence-electron chi connectivity index (χ1n) is 7.78. The summed E-state index contributed by atoms with van der Waals surface area (Å²) in [6.45, 7) is 3.85. The molecule has 0 bridgehead atoms. The fraction of sp³-hybridized carbons (Fsp3) is 0.625. The molecule has 1 heterocycles. The van der Waals surface area contributed by atoms with Gasteiger partial charge < -0.3 is 4.90 Å². The number of hydrogen-bond donors (Lipinski definition) is 0. The number of benzene rings is 1. The molecule has 1 saturated carbocycles. The summed E-state index contributed by atoms with van der Waals surface area (Å²) in [7, 11) is -3.62. The van der Waals surface area contributed by atoms with Crippen molar-refractivity contribution < 1.29 is 12.6 Å². The molecule has 116 valence electrons. The Balaban J connectivity index is 1.57. The van der Waals surface area contributed by atoms with Crippen LogP contribution in [0.5, 0.6) is 0 Å². The van der Waals surface area contributed by atoms with Crippen LogP contribution in [0.25, 0.3) is 0 Å². The quantitative estimate of drug-likeness (QED) is 0.802. The molecule has 3 rings (SSSR count). The van der Waals surface area contributed by atoms with Crippen LogP contribution in [0.2, 0.25) is 0 Å². The fourth-order valence-corrected chi connectivity index (χ4v) is 4.16. The number of piperidine rings is 1. The first-order valence-corrected chi connectivity index (χ1v) is 9.19. The Hall–Kier alpha value is -0.910. The van der Waals surface area contributed by atoms with E-state index in [1.807, 2.05) is 6.92 Å². The van der Waals surface area contributed by atoms with Gasteiger partial charge >= 0.3 is 0 Å². The third kappa shape index (κ3) is 3.47. The first kappa shape index (κ1) is 15.0. The molecule has 0 spiro atoms. The molecule has 21 heavy (non-hydrogen) atoms. The van der Waals surface area contributed by atoms with Crippen LogP contribution in [-0.4, -0.2) is 38.6 Å². The average Bonchev–Trinajstić information content (AvgIpc) is 2.39. The van der Waals surface area contributed by atoms with Crippen molar-refractivity contribution in [1.82, 2.24) is 4.90 Å². The van der Waals surface area contributed by atoms with Crippen molar-refractivity contribution >= 4 is 10.1 Å². The summed E-state index contributed by atoms with van der Waals surface area (Å²) < 4.78 is 29.9. The summed E-state index contributed by atoms with van der Waals surface area (Å²) in [6, 6.07) is 7.58. The molecule has 5 heteroatoms. The van der Waals surface area contributed by atoms with Gasteiger partial charge in [-0.15, -0.1) is 0 Å². The van der Waals surface area contributed by atoms with Crippen molar-refractivity contribution in [2.24, 2.45) is 0 Å². The Labute approximate surface area is 127 Å². The molecule has 1 aliphatic heterocycles. The highest BCUT2D eigenvalue weighted by Crippen LogP contribution is 2.29. The van der Waals surface area contributed by atoms with Crippen LogP contribution in [0.3, 0.4) is 0 Å². The van der Waals surface area contributed by atoms with E-state index in [4.69, 9.17) is 4.18 Å². The minimum atomic E-state index is -3.62. The molecule has 2 aliphatic rings. The number of rotatable bonds is 4. The van der Waals surface area contributed by atoms with Crippen molar-refractivity contribution in [3.63, 3.8) is 0 Å². The van der Waals surface area contributed by atoms with Gasteiger partial charge in [0.25, 0.3) is 10.1 Å². The molecule has 4 nitrogen and oxygen atoms in total. The predicted octanol–water partition coefficient (Wildman–Crippen LogP) is 2.72. The van der Waals surface area contributed by atoms with Crippen molar-refractivity contribution in [2.75, 3.05) is 13.1 Å². The highest BCUT2D eigenvalue weighted by atomic mass is 32.2. The molecular weight excluding hydrogens is 286 g/mol. The zero-order valence-corrected chi connectivity index (χ0v) is 13.3. The molecule has 1 saturated heterocycles. The van der Waals surface area contributed by atoms with E-state index in [-0.39, 0.29) is 11.0 Å². The van der Waals surface area contributed by atoms with E-state index >= 15 is 0 Å². The van der Waals surface area contributed by atoms with Gasteiger partial charge in [-0.3, -0.25) is 4.18 Å². The van der Waals surface area contributed by atoms with E-state index in [9.17, 15) is 8.42 Å². The highest BCUT2D eigenvalue weighted by molar-refractivity contribution is 7.86. The molecule has 1 aromatic carbocycles. The summed E-state index contributed by atoms with van der Waals surface area (Å²) in [5.74, 6) is 0. The number of likely N-dealkylation sites (tertiary alicyclic amines) is 1. The minimum Gasteiger partial charge on any atom is -0.300 e. The SMILES string of the molecule is Cc1ccc(S(=O)(=O)OC2CCN(C3CCC3)CC2)cc1. The lowest BCUT2D eigenvalue weighted by Gasteiger charge is -2.41. The molecular formula is C16H23NO3S. The Morgan fingerprint density at radius 2 is 1.67 bits per heavy atom. The molecule has 0 N–H and O–H groups in total. The zero-order valence-electron chi connectivity index (χ0n) is 12.5. The van der Waals surface area contributed by atoms with Crippen molar-refractivity contribution in [3.05, 3.63) is 29.8 Å². The second-order valence-electron chi connectivity index (χ2n) is 6.18. The Bertz CT molecular complexity index is 570. The molecule has 0 aromatic heterocycles. The van der Waals surface area contributed by atoms with Crippen LogP contribution >= 0.6 is 0 Å². The summed E-state index contributed by atoms with van der Waals surface area (Å²) in [6.07, 6.45) is 5.37. The molecule has 0 amide bonds. The van der Waals surface area contributed by atoms with E-state index in [1.54, 1.807) is 24.3 Å². The van der Waals surface area contributed by atoms with Crippen molar-refractivity contribution in [1.29, 1.82) is 0 Å². The van der Waals surface area contributed by atoms with Crippen LogP contribution in [-0.2, 0) is 14.3 Å². The topological polar surface area (TPSA) is 46.6 Å². The smallest absolute Gasteiger partial charge is 0.297 e. The van der Waals surface area contributed by atoms with Crippen LogP contribution in [0.4, 0.5) is 0 Å². The van der Waals surface area contributed by atoms with Gasteiger partial charge in [0, 0.05) is 19.1 Å². The van der Waals surface area contributed by atoms with Gasteiger partial charge in [0.05, 0.1) is 11.0 Å². The maximum Gasteiger partial charge on any atom is 0.297 e. The maximum atomic E-state index is 12.3. The Kier molecular flexibility index (Phi) is 4.33. The number of nitrogens with zero attached hydrogens (tertiary/aromatic N) is 1. The third-order valence-electron chi connectivity index (χ3n) is 4.64. The van der Waals surface area contributed by atoms with E-state index in [0.29, 0.717) is 0 Å². The van der Waals surface area contributed by atoms with Gasteiger partial charge in [-0.05, 0) is 44.7 Å². The molecule has 0 unspecified atom stereocenters. The zero-order chi connectivity index (χ0) is 14.9. The standard InChI is InChI=1S/C16H23NO3S/c1-13-5-7-16(8-6-13)21(18,19)20-15-9-11-17(12-10-15)14-3-2-4-14/h5-8,14-15H,2-4,9-12H2,1H3. The van der Waals surface area contributed by atoms with Crippen molar-refractivity contribution in [2.45, 2.75) is 56.1 Å². The highest BCUT2D eigenvalue weighted by Gasteiger charge is 2.31. The van der Waals surface area contributed by atoms with E-state index in [2.05, 4.69) is 4.90 Å². The van der Waals surface area contributed by atoms with Crippen LogP contribution in [0, 0.1) is 6.92 Å². The van der Waals surface area contributed by atoms with E-state index in [0.717, 1.165) is 37.5 Å². The van der Waals surface area contributed by atoms with Gasteiger partial charge in [-0.25, -0.2) is 0 Å². The van der Waals surface area contributed by atoms with Crippen molar-refractivity contribution in [3.8, 4) is 0 Å². The second-order valence-corrected chi connectivity index (χ2v) is 7.76. The van der Waals surface area contributed by atoms with E-state index in [1.165, 1.54) is 19.3 Å². The minimum absolute atomic E-state index is 0.173. The maximum absolute atomic E-state index is 12.3.